The number of hydrogen-bond donors (Lipinski definition) is 1. The third-order valence-electron chi connectivity index (χ3n) is 7.45. The van der Waals surface area contributed by atoms with E-state index in [0.29, 0.717) is 6.04 Å². The number of likely N-dealkylation sites (tertiary alicyclic amines) is 1. The quantitative estimate of drug-likeness (QED) is 0.283. The molecule has 5 nitrogen and oxygen atoms in total. The number of benzene rings is 4. The van der Waals surface area contributed by atoms with E-state index >= 15 is 0 Å². The maximum atomic E-state index is 5.32. The first kappa shape index (κ1) is 23.4. The molecule has 0 amide bonds. The molecule has 37 heavy (non-hydrogen) atoms. The van der Waals surface area contributed by atoms with Crippen LogP contribution < -0.4 is 10.1 Å². The summed E-state index contributed by atoms with van der Waals surface area (Å²) in [4.78, 5) is 2.56. The largest absolute Gasteiger partial charge is 0.497 e. The van der Waals surface area contributed by atoms with Crippen molar-refractivity contribution in [1.29, 1.82) is 0 Å². The van der Waals surface area contributed by atoms with Gasteiger partial charge in [-0.2, -0.15) is 0 Å². The second-order valence-electron chi connectivity index (χ2n) is 10.1. The highest BCUT2D eigenvalue weighted by Gasteiger charge is 2.21. The Morgan fingerprint density at radius 2 is 1.62 bits per heavy atom. The molecular formula is C32H32N4O. The van der Waals surface area contributed by atoms with Crippen molar-refractivity contribution in [2.75, 3.05) is 25.5 Å². The minimum absolute atomic E-state index is 0.387. The summed E-state index contributed by atoms with van der Waals surface area (Å²) in [6.07, 6.45) is 2.17. The molecule has 0 atom stereocenters. The molecule has 0 spiro atoms. The predicted octanol–water partition coefficient (Wildman–Crippen LogP) is 6.84. The second-order valence-corrected chi connectivity index (χ2v) is 10.1. The van der Waals surface area contributed by atoms with Crippen LogP contribution in [0.15, 0.2) is 84.9 Å². The first-order valence-electron chi connectivity index (χ1n) is 13.0. The number of aromatic nitrogens is 2. The van der Waals surface area contributed by atoms with E-state index in [4.69, 9.17) is 4.74 Å². The van der Waals surface area contributed by atoms with Crippen LogP contribution in [0.3, 0.4) is 0 Å². The van der Waals surface area contributed by atoms with Crippen LogP contribution >= 0.6 is 0 Å². The Labute approximate surface area is 218 Å². The van der Waals surface area contributed by atoms with Crippen LogP contribution in [0.4, 0.5) is 5.82 Å². The molecule has 6 rings (SSSR count). The molecule has 0 aliphatic carbocycles. The van der Waals surface area contributed by atoms with E-state index < -0.39 is 0 Å². The highest BCUT2D eigenvalue weighted by Crippen LogP contribution is 2.32. The molecule has 1 aromatic heterocycles. The summed E-state index contributed by atoms with van der Waals surface area (Å²) in [5.74, 6) is 1.71. The van der Waals surface area contributed by atoms with E-state index in [1.165, 1.54) is 21.9 Å². The van der Waals surface area contributed by atoms with Gasteiger partial charge in [0.1, 0.15) is 11.4 Å². The number of nitrogens with zero attached hydrogens (tertiary/aromatic N) is 3. The summed E-state index contributed by atoms with van der Waals surface area (Å²) < 4.78 is 5.32. The molecular weight excluding hydrogens is 456 g/mol. The van der Waals surface area contributed by atoms with Gasteiger partial charge < -0.3 is 10.1 Å². The summed E-state index contributed by atoms with van der Waals surface area (Å²) in [6.45, 7) is 5.25. The van der Waals surface area contributed by atoms with Gasteiger partial charge in [0.05, 0.1) is 7.11 Å². The molecule has 5 heteroatoms. The third-order valence-corrected chi connectivity index (χ3v) is 7.45. The first-order valence-corrected chi connectivity index (χ1v) is 13.0. The Morgan fingerprint density at radius 3 is 2.41 bits per heavy atom. The van der Waals surface area contributed by atoms with Gasteiger partial charge in [-0.3, -0.25) is 4.90 Å². The van der Waals surface area contributed by atoms with Crippen LogP contribution in [0.25, 0.3) is 32.8 Å². The fourth-order valence-corrected chi connectivity index (χ4v) is 5.36. The van der Waals surface area contributed by atoms with Gasteiger partial charge in [-0.15, -0.1) is 10.2 Å². The van der Waals surface area contributed by atoms with E-state index in [9.17, 15) is 0 Å². The van der Waals surface area contributed by atoms with Crippen molar-refractivity contribution in [2.45, 2.75) is 32.4 Å². The van der Waals surface area contributed by atoms with Gasteiger partial charge in [-0.05, 0) is 72.5 Å². The van der Waals surface area contributed by atoms with Gasteiger partial charge in [-0.1, -0.05) is 54.1 Å². The van der Waals surface area contributed by atoms with Gasteiger partial charge in [-0.25, -0.2) is 0 Å². The topological polar surface area (TPSA) is 50.3 Å². The maximum absolute atomic E-state index is 5.32. The molecule has 0 radical (unpaired) electrons. The van der Waals surface area contributed by atoms with Crippen LogP contribution in [0.5, 0.6) is 5.75 Å². The fraction of sp³-hybridized carbons (Fsp3) is 0.250. The van der Waals surface area contributed by atoms with Crippen molar-refractivity contribution in [1.82, 2.24) is 15.1 Å². The van der Waals surface area contributed by atoms with E-state index in [-0.39, 0.29) is 0 Å². The number of rotatable bonds is 6. The van der Waals surface area contributed by atoms with Crippen molar-refractivity contribution < 1.29 is 4.74 Å². The first-order chi connectivity index (χ1) is 18.2. The standard InChI is InChI=1S/C32H32N4O/c1-22-7-14-29-30(19-22)31(25-10-12-28(37-2)13-11-25)34-35-32(29)33-27-15-17-36(18-16-27)21-23-8-9-24-5-3-4-6-26(24)20-23/h3-14,19-20,27H,15-18,21H2,1-2H3,(H,33,35). The highest BCUT2D eigenvalue weighted by atomic mass is 16.5. The minimum Gasteiger partial charge on any atom is -0.497 e. The number of methoxy groups -OCH3 is 1. The number of aryl methyl sites for hydroxylation is 1. The number of hydrogen-bond acceptors (Lipinski definition) is 5. The van der Waals surface area contributed by atoms with Crippen molar-refractivity contribution in [2.24, 2.45) is 0 Å². The zero-order valence-electron chi connectivity index (χ0n) is 21.4. The molecule has 4 aromatic carbocycles. The molecule has 0 saturated carbocycles. The lowest BCUT2D eigenvalue weighted by Gasteiger charge is -2.32. The SMILES string of the molecule is COc1ccc(-c2nnc(NC3CCN(Cc4ccc5ccccc5c4)CC3)c3ccc(C)cc23)cc1. The summed E-state index contributed by atoms with van der Waals surface area (Å²) in [6, 6.07) is 30.4. The third kappa shape index (κ3) is 5.00. The normalized spacial score (nSPS) is 14.8. The van der Waals surface area contributed by atoms with E-state index in [1.54, 1.807) is 7.11 Å². The van der Waals surface area contributed by atoms with Crippen LogP contribution in [0, 0.1) is 6.92 Å². The Kier molecular flexibility index (Phi) is 6.46. The van der Waals surface area contributed by atoms with Gasteiger partial charge in [0.25, 0.3) is 0 Å². The zero-order chi connectivity index (χ0) is 25.2. The van der Waals surface area contributed by atoms with E-state index in [2.05, 4.69) is 88.0 Å². The van der Waals surface area contributed by atoms with Gasteiger partial charge >= 0.3 is 0 Å². The Bertz CT molecular complexity index is 1540. The summed E-state index contributed by atoms with van der Waals surface area (Å²) in [5.41, 5.74) is 4.53. The van der Waals surface area contributed by atoms with Crippen molar-refractivity contribution in [3.63, 3.8) is 0 Å². The summed E-state index contributed by atoms with van der Waals surface area (Å²) in [7, 11) is 1.68. The molecule has 186 valence electrons. The number of anilines is 1. The fourth-order valence-electron chi connectivity index (χ4n) is 5.36. The number of nitrogens with one attached hydrogen (secondary N) is 1. The summed E-state index contributed by atoms with van der Waals surface area (Å²) >= 11 is 0. The van der Waals surface area contributed by atoms with Gasteiger partial charge in [0.2, 0.25) is 0 Å². The Balaban J connectivity index is 1.16. The molecule has 1 fully saturated rings. The second kappa shape index (κ2) is 10.2. The van der Waals surface area contributed by atoms with Crippen LogP contribution in [-0.4, -0.2) is 41.3 Å². The zero-order valence-corrected chi connectivity index (χ0v) is 21.4. The van der Waals surface area contributed by atoms with Crippen molar-refractivity contribution in [3.05, 3.63) is 96.1 Å². The Hall–Kier alpha value is -3.96. The Morgan fingerprint density at radius 1 is 0.838 bits per heavy atom. The lowest BCUT2D eigenvalue weighted by atomic mass is 10.0. The van der Waals surface area contributed by atoms with Crippen LogP contribution in [0.2, 0.25) is 0 Å². The number of fused-ring (bicyclic) bond motifs is 2. The average Bonchev–Trinajstić information content (AvgIpc) is 2.94. The van der Waals surface area contributed by atoms with Crippen molar-refractivity contribution in [3.8, 4) is 17.0 Å². The number of ether oxygens (including phenoxy) is 1. The molecule has 5 aromatic rings. The lowest BCUT2D eigenvalue weighted by molar-refractivity contribution is 0.211. The summed E-state index contributed by atoms with van der Waals surface area (Å²) in [5, 5.41) is 17.9. The molecule has 1 saturated heterocycles. The number of piperidine rings is 1. The molecule has 1 aliphatic rings. The minimum atomic E-state index is 0.387. The average molecular weight is 489 g/mol. The highest BCUT2D eigenvalue weighted by molar-refractivity contribution is 6.00. The predicted molar refractivity (Wildman–Crippen MR) is 152 cm³/mol. The maximum Gasteiger partial charge on any atom is 0.156 e. The van der Waals surface area contributed by atoms with E-state index in [1.807, 2.05) is 24.3 Å². The molecule has 1 aliphatic heterocycles. The van der Waals surface area contributed by atoms with Crippen LogP contribution in [0.1, 0.15) is 24.0 Å². The lowest BCUT2D eigenvalue weighted by Crippen LogP contribution is -2.38. The van der Waals surface area contributed by atoms with Crippen molar-refractivity contribution >= 4 is 27.4 Å². The molecule has 0 bridgehead atoms. The van der Waals surface area contributed by atoms with Gasteiger partial charge in [0, 0.05) is 42.0 Å². The molecule has 1 N–H and O–H groups in total. The van der Waals surface area contributed by atoms with Crippen LogP contribution in [-0.2, 0) is 6.54 Å². The smallest absolute Gasteiger partial charge is 0.156 e. The van der Waals surface area contributed by atoms with Gasteiger partial charge in [0.15, 0.2) is 5.82 Å². The molecule has 2 heterocycles. The molecule has 0 unspecified atom stereocenters. The monoisotopic (exact) mass is 488 g/mol. The van der Waals surface area contributed by atoms with E-state index in [0.717, 1.165) is 66.1 Å².